The Hall–Kier alpha value is -2.58. The highest BCUT2D eigenvalue weighted by Crippen LogP contribution is 2.35. The summed E-state index contributed by atoms with van der Waals surface area (Å²) in [6, 6.07) is 5.78. The third-order valence-electron chi connectivity index (χ3n) is 6.45. The molecule has 2 fully saturated rings. The van der Waals surface area contributed by atoms with Gasteiger partial charge in [0.05, 0.1) is 12.7 Å². The third kappa shape index (κ3) is 3.65. The first-order valence-corrected chi connectivity index (χ1v) is 10.7. The molecule has 0 radical (unpaired) electrons. The number of aromatic nitrogens is 3. The molecule has 8 nitrogen and oxygen atoms in total. The van der Waals surface area contributed by atoms with Crippen LogP contribution < -0.4 is 5.56 Å². The van der Waals surface area contributed by atoms with E-state index in [-0.39, 0.29) is 35.2 Å². The number of hydrogen-bond acceptors (Lipinski definition) is 6. The van der Waals surface area contributed by atoms with E-state index in [4.69, 9.17) is 4.74 Å². The maximum atomic E-state index is 13.2. The first-order chi connectivity index (χ1) is 14.6. The molecular weight excluding hydrogens is 382 g/mol. The highest BCUT2D eigenvalue weighted by molar-refractivity contribution is 5.90. The third-order valence-corrected chi connectivity index (χ3v) is 6.45. The lowest BCUT2D eigenvalue weighted by molar-refractivity contribution is -0.0214. The van der Waals surface area contributed by atoms with Crippen LogP contribution in [0.25, 0.3) is 0 Å². The van der Waals surface area contributed by atoms with Crippen molar-refractivity contribution in [3.8, 4) is 0 Å². The molecule has 0 saturated carbocycles. The first-order valence-electron chi connectivity index (χ1n) is 10.7. The van der Waals surface area contributed by atoms with Crippen LogP contribution in [0.15, 0.2) is 35.4 Å². The number of fused-ring (bicyclic) bond motifs is 4. The summed E-state index contributed by atoms with van der Waals surface area (Å²) in [7, 11) is 0. The highest BCUT2D eigenvalue weighted by Gasteiger charge is 2.37. The van der Waals surface area contributed by atoms with Gasteiger partial charge >= 0.3 is 0 Å². The fourth-order valence-corrected chi connectivity index (χ4v) is 5.10. The van der Waals surface area contributed by atoms with Gasteiger partial charge in [0.1, 0.15) is 0 Å². The van der Waals surface area contributed by atoms with Gasteiger partial charge in [-0.3, -0.25) is 14.5 Å². The minimum Gasteiger partial charge on any atom is -0.376 e. The van der Waals surface area contributed by atoms with E-state index in [0.717, 1.165) is 30.8 Å². The Morgan fingerprint density at radius 2 is 2.00 bits per heavy atom. The smallest absolute Gasteiger partial charge is 0.291 e. The molecule has 0 unspecified atom stereocenters. The molecule has 8 heteroatoms. The summed E-state index contributed by atoms with van der Waals surface area (Å²) in [5.74, 6) is 0.569. The van der Waals surface area contributed by atoms with Gasteiger partial charge in [0, 0.05) is 68.8 Å². The van der Waals surface area contributed by atoms with Crippen LogP contribution in [0.1, 0.15) is 41.1 Å². The quantitative estimate of drug-likeness (QED) is 0.756. The van der Waals surface area contributed by atoms with Crippen molar-refractivity contribution in [3.05, 3.63) is 58.0 Å². The molecule has 2 bridgehead atoms. The van der Waals surface area contributed by atoms with Crippen LogP contribution in [-0.4, -0.2) is 69.1 Å². The van der Waals surface area contributed by atoms with E-state index in [1.165, 1.54) is 0 Å². The monoisotopic (exact) mass is 409 g/mol. The minimum absolute atomic E-state index is 0.118. The molecule has 5 rings (SSSR count). The van der Waals surface area contributed by atoms with E-state index < -0.39 is 0 Å². The molecule has 3 aliphatic rings. The fourth-order valence-electron chi connectivity index (χ4n) is 5.10. The number of carbonyl (C=O) groups excluding carboxylic acids is 1. The van der Waals surface area contributed by atoms with Crippen LogP contribution in [-0.2, 0) is 17.8 Å². The number of rotatable bonds is 3. The van der Waals surface area contributed by atoms with Crippen LogP contribution in [0, 0.1) is 5.92 Å². The van der Waals surface area contributed by atoms with Gasteiger partial charge in [0.2, 0.25) is 5.82 Å². The molecule has 158 valence electrons. The van der Waals surface area contributed by atoms with Crippen molar-refractivity contribution in [2.75, 3.05) is 32.8 Å². The zero-order valence-electron chi connectivity index (χ0n) is 17.2. The Morgan fingerprint density at radius 1 is 1.17 bits per heavy atom. The lowest BCUT2D eigenvalue weighted by atomic mass is 9.83. The number of carbonyl (C=O) groups is 1. The second kappa shape index (κ2) is 7.92. The SMILES string of the molecule is C[C@H]1CN(Cc2ccc3n(c2=O)C[C@H]2C[C@@H]3CN(C(=O)c3ncccn3)C2)CCO1. The number of piperidine rings is 1. The number of amides is 1. The van der Waals surface area contributed by atoms with E-state index in [1.807, 2.05) is 15.5 Å². The second-order valence-electron chi connectivity index (χ2n) is 8.70. The molecular formula is C22H27N5O3. The van der Waals surface area contributed by atoms with E-state index in [0.29, 0.717) is 32.8 Å². The Labute approximate surface area is 175 Å². The van der Waals surface area contributed by atoms with E-state index in [9.17, 15) is 9.59 Å². The van der Waals surface area contributed by atoms with Crippen LogP contribution in [0.4, 0.5) is 0 Å². The Kier molecular flexibility index (Phi) is 5.12. The average molecular weight is 409 g/mol. The van der Waals surface area contributed by atoms with Gasteiger partial charge in [-0.15, -0.1) is 0 Å². The molecule has 0 N–H and O–H groups in total. The topological polar surface area (TPSA) is 80.6 Å². The Balaban J connectivity index is 1.36. The molecule has 0 spiro atoms. The van der Waals surface area contributed by atoms with Gasteiger partial charge in [-0.05, 0) is 31.4 Å². The molecule has 30 heavy (non-hydrogen) atoms. The molecule has 2 aromatic rings. The van der Waals surface area contributed by atoms with Crippen molar-refractivity contribution in [1.82, 2.24) is 24.3 Å². The van der Waals surface area contributed by atoms with E-state index in [1.54, 1.807) is 18.5 Å². The molecule has 2 aromatic heterocycles. The maximum Gasteiger partial charge on any atom is 0.291 e. The van der Waals surface area contributed by atoms with Crippen molar-refractivity contribution in [2.24, 2.45) is 5.92 Å². The standard InChI is InChI=1S/C22H27N5O3/c1-15-10-25(7-8-30-15)13-17-3-4-19-18-9-16(12-27(19)21(17)28)11-26(14-18)22(29)20-23-5-2-6-24-20/h2-6,15-16,18H,7-14H2,1H3/t15-,16-,18+/m0/s1. The van der Waals surface area contributed by atoms with Gasteiger partial charge in [-0.25, -0.2) is 9.97 Å². The molecule has 0 aromatic carbocycles. The Morgan fingerprint density at radius 3 is 2.80 bits per heavy atom. The van der Waals surface area contributed by atoms with Gasteiger partial charge in [0.15, 0.2) is 0 Å². The Bertz CT molecular complexity index is 992. The zero-order chi connectivity index (χ0) is 20.7. The van der Waals surface area contributed by atoms with Gasteiger partial charge < -0.3 is 14.2 Å². The number of pyridine rings is 1. The molecule has 2 saturated heterocycles. The molecule has 0 aliphatic carbocycles. The van der Waals surface area contributed by atoms with Crippen LogP contribution in [0.3, 0.4) is 0 Å². The number of nitrogens with zero attached hydrogens (tertiary/aromatic N) is 5. The first kappa shape index (κ1) is 19.4. The molecule has 5 heterocycles. The minimum atomic E-state index is -0.126. The van der Waals surface area contributed by atoms with Crippen LogP contribution in [0.5, 0.6) is 0 Å². The summed E-state index contributed by atoms with van der Waals surface area (Å²) < 4.78 is 7.57. The molecule has 3 atom stereocenters. The van der Waals surface area contributed by atoms with E-state index in [2.05, 4.69) is 27.9 Å². The summed E-state index contributed by atoms with van der Waals surface area (Å²) in [6.07, 6.45) is 4.41. The van der Waals surface area contributed by atoms with E-state index >= 15 is 0 Å². The van der Waals surface area contributed by atoms with Gasteiger partial charge in [-0.2, -0.15) is 0 Å². The van der Waals surface area contributed by atoms with Crippen molar-refractivity contribution >= 4 is 5.91 Å². The lowest BCUT2D eigenvalue weighted by Gasteiger charge is -2.42. The highest BCUT2D eigenvalue weighted by atomic mass is 16.5. The number of likely N-dealkylation sites (tertiary alicyclic amines) is 1. The van der Waals surface area contributed by atoms with Crippen molar-refractivity contribution in [2.45, 2.75) is 38.5 Å². The summed E-state index contributed by atoms with van der Waals surface area (Å²) >= 11 is 0. The summed E-state index contributed by atoms with van der Waals surface area (Å²) in [6.45, 7) is 7.07. The predicted octanol–water partition coefficient (Wildman–Crippen LogP) is 1.12. The largest absolute Gasteiger partial charge is 0.376 e. The maximum absolute atomic E-state index is 13.2. The average Bonchev–Trinajstić information content (AvgIpc) is 2.76. The number of hydrogen-bond donors (Lipinski definition) is 0. The number of ether oxygens (including phenoxy) is 1. The molecule has 1 amide bonds. The fraction of sp³-hybridized carbons (Fsp3) is 0.545. The summed E-state index contributed by atoms with van der Waals surface area (Å²) in [5.41, 5.74) is 2.01. The van der Waals surface area contributed by atoms with Gasteiger partial charge in [-0.1, -0.05) is 6.07 Å². The van der Waals surface area contributed by atoms with Crippen LogP contribution in [0.2, 0.25) is 0 Å². The predicted molar refractivity (Wildman–Crippen MR) is 110 cm³/mol. The molecule has 3 aliphatic heterocycles. The van der Waals surface area contributed by atoms with Crippen molar-refractivity contribution in [1.29, 1.82) is 0 Å². The van der Waals surface area contributed by atoms with Gasteiger partial charge in [0.25, 0.3) is 11.5 Å². The summed E-state index contributed by atoms with van der Waals surface area (Å²) in [4.78, 5) is 38.4. The van der Waals surface area contributed by atoms with Crippen molar-refractivity contribution in [3.63, 3.8) is 0 Å². The van der Waals surface area contributed by atoms with Crippen molar-refractivity contribution < 1.29 is 9.53 Å². The number of morpholine rings is 1. The zero-order valence-corrected chi connectivity index (χ0v) is 17.2. The normalized spacial score (nSPS) is 26.3. The van der Waals surface area contributed by atoms with Crippen LogP contribution >= 0.6 is 0 Å². The summed E-state index contributed by atoms with van der Waals surface area (Å²) in [5, 5.41) is 0. The lowest BCUT2D eigenvalue weighted by Crippen LogP contribution is -2.50. The second-order valence-corrected chi connectivity index (χ2v) is 8.70.